The number of aryl methyl sites for hydroxylation is 1. The van der Waals surface area contributed by atoms with Gasteiger partial charge in [-0.1, -0.05) is 12.1 Å². The fourth-order valence-corrected chi connectivity index (χ4v) is 5.13. The van der Waals surface area contributed by atoms with Gasteiger partial charge in [0.15, 0.2) is 0 Å². The van der Waals surface area contributed by atoms with Gasteiger partial charge in [-0.25, -0.2) is 0 Å². The summed E-state index contributed by atoms with van der Waals surface area (Å²) in [7, 11) is 0. The molecule has 2 fully saturated rings. The number of nitrogens with one attached hydrogen (secondary N) is 1. The van der Waals surface area contributed by atoms with Crippen LogP contribution in [0.1, 0.15) is 31.2 Å². The summed E-state index contributed by atoms with van der Waals surface area (Å²) in [6.45, 7) is 4.26. The molecule has 8 heteroatoms. The van der Waals surface area contributed by atoms with E-state index in [1.807, 2.05) is 30.5 Å². The van der Waals surface area contributed by atoms with E-state index < -0.39 is 0 Å². The summed E-state index contributed by atoms with van der Waals surface area (Å²) in [4.78, 5) is 28.1. The standard InChI is InChI=1S/C22H24N2O5S/c1-13-6-8-30-20(13)22(26)24-9-17-18(10-24)29-12-15(11-28-17)23-21(25)16-4-2-3-14-5-7-27-19(14)16/h2-4,6,8,15,17-18H,5,7,9-12H2,1H3,(H,23,25)/t17-,18-/m0/s1. The Hall–Kier alpha value is -2.42. The largest absolute Gasteiger partial charge is 0.492 e. The molecule has 2 saturated heterocycles. The Morgan fingerprint density at radius 1 is 1.13 bits per heavy atom. The van der Waals surface area contributed by atoms with Gasteiger partial charge in [0.2, 0.25) is 0 Å². The van der Waals surface area contributed by atoms with Crippen molar-refractivity contribution in [1.29, 1.82) is 0 Å². The second-order valence-electron chi connectivity index (χ2n) is 7.95. The zero-order valence-corrected chi connectivity index (χ0v) is 17.6. The average molecular weight is 429 g/mol. The van der Waals surface area contributed by atoms with Crippen molar-refractivity contribution in [2.75, 3.05) is 32.9 Å². The molecule has 0 spiro atoms. The Kier molecular flexibility index (Phi) is 5.22. The molecule has 3 aliphatic heterocycles. The van der Waals surface area contributed by atoms with Gasteiger partial charge < -0.3 is 24.4 Å². The van der Waals surface area contributed by atoms with E-state index in [1.165, 1.54) is 11.3 Å². The average Bonchev–Trinajstić information content (AvgIpc) is 3.46. The molecule has 30 heavy (non-hydrogen) atoms. The summed E-state index contributed by atoms with van der Waals surface area (Å²) in [6, 6.07) is 7.36. The fourth-order valence-electron chi connectivity index (χ4n) is 4.23. The molecular weight excluding hydrogens is 404 g/mol. The van der Waals surface area contributed by atoms with E-state index in [0.717, 1.165) is 22.4 Å². The Bertz CT molecular complexity index is 958. The normalized spacial score (nSPS) is 23.4. The smallest absolute Gasteiger partial charge is 0.264 e. The third-order valence-corrected chi connectivity index (χ3v) is 6.88. The van der Waals surface area contributed by atoms with E-state index in [2.05, 4.69) is 5.32 Å². The zero-order chi connectivity index (χ0) is 20.7. The van der Waals surface area contributed by atoms with Gasteiger partial charge in [-0.15, -0.1) is 11.3 Å². The quantitative estimate of drug-likeness (QED) is 0.810. The SMILES string of the molecule is Cc1ccsc1C(=O)N1C[C@@H]2OCC(NC(=O)c3cccc4c3OCC4)CO[C@H]2C1. The summed E-state index contributed by atoms with van der Waals surface area (Å²) in [5, 5.41) is 4.94. The Labute approximate surface area is 178 Å². The van der Waals surface area contributed by atoms with Crippen molar-refractivity contribution < 1.29 is 23.8 Å². The first-order valence-electron chi connectivity index (χ1n) is 10.2. The van der Waals surface area contributed by atoms with Crippen LogP contribution in [0.5, 0.6) is 5.75 Å². The van der Waals surface area contributed by atoms with Crippen molar-refractivity contribution in [3.05, 3.63) is 51.2 Å². The maximum atomic E-state index is 12.8. The summed E-state index contributed by atoms with van der Waals surface area (Å²) >= 11 is 1.46. The number of thiophene rings is 1. The second kappa shape index (κ2) is 8.02. The zero-order valence-electron chi connectivity index (χ0n) is 16.8. The molecule has 4 heterocycles. The van der Waals surface area contributed by atoms with Gasteiger partial charge in [-0.05, 0) is 35.6 Å². The molecule has 5 rings (SSSR count). The lowest BCUT2D eigenvalue weighted by atomic mass is 10.1. The van der Waals surface area contributed by atoms with Crippen LogP contribution in [0, 0.1) is 6.92 Å². The lowest BCUT2D eigenvalue weighted by Crippen LogP contribution is -2.41. The van der Waals surface area contributed by atoms with E-state index in [1.54, 1.807) is 11.0 Å². The third-order valence-electron chi connectivity index (χ3n) is 5.88. The van der Waals surface area contributed by atoms with Crippen molar-refractivity contribution >= 4 is 23.2 Å². The highest BCUT2D eigenvalue weighted by Crippen LogP contribution is 2.30. The van der Waals surface area contributed by atoms with Crippen molar-refractivity contribution in [3.8, 4) is 5.75 Å². The maximum absolute atomic E-state index is 12.8. The number of ether oxygens (including phenoxy) is 3. The molecule has 1 N–H and O–H groups in total. The van der Waals surface area contributed by atoms with Crippen LogP contribution in [0.15, 0.2) is 29.6 Å². The molecule has 2 amide bonds. The number of benzene rings is 1. The van der Waals surface area contributed by atoms with Gasteiger partial charge in [0.25, 0.3) is 11.8 Å². The first-order chi connectivity index (χ1) is 14.6. The summed E-state index contributed by atoms with van der Waals surface area (Å²) in [5.41, 5.74) is 2.62. The first kappa shape index (κ1) is 19.5. The predicted octanol–water partition coefficient (Wildman–Crippen LogP) is 2.03. The lowest BCUT2D eigenvalue weighted by Gasteiger charge is -2.19. The molecule has 2 atom stereocenters. The Morgan fingerprint density at radius 2 is 1.90 bits per heavy atom. The van der Waals surface area contributed by atoms with Crippen molar-refractivity contribution in [2.45, 2.75) is 31.6 Å². The molecule has 0 unspecified atom stereocenters. The Balaban J connectivity index is 1.19. The number of para-hydroxylation sites is 1. The molecule has 0 bridgehead atoms. The first-order valence-corrected chi connectivity index (χ1v) is 11.1. The highest BCUT2D eigenvalue weighted by atomic mass is 32.1. The molecule has 0 aliphatic carbocycles. The minimum absolute atomic E-state index is 0.0329. The van der Waals surface area contributed by atoms with E-state index in [9.17, 15) is 9.59 Å². The van der Waals surface area contributed by atoms with Crippen molar-refractivity contribution in [2.24, 2.45) is 0 Å². The van der Waals surface area contributed by atoms with Gasteiger partial charge in [0, 0.05) is 19.5 Å². The van der Waals surface area contributed by atoms with Crippen molar-refractivity contribution in [3.63, 3.8) is 0 Å². The molecule has 0 saturated carbocycles. The van der Waals surface area contributed by atoms with Gasteiger partial charge in [-0.2, -0.15) is 0 Å². The summed E-state index contributed by atoms with van der Waals surface area (Å²) in [5.74, 6) is 0.536. The maximum Gasteiger partial charge on any atom is 0.264 e. The van der Waals surface area contributed by atoms with Crippen LogP contribution in [0.2, 0.25) is 0 Å². The number of fused-ring (bicyclic) bond motifs is 2. The number of likely N-dealkylation sites (tertiary alicyclic amines) is 1. The number of rotatable bonds is 3. The topological polar surface area (TPSA) is 77.1 Å². The summed E-state index contributed by atoms with van der Waals surface area (Å²) in [6.07, 6.45) is 0.469. The molecule has 1 aromatic heterocycles. The van der Waals surface area contributed by atoms with Crippen LogP contribution in [0.3, 0.4) is 0 Å². The molecule has 3 aliphatic rings. The van der Waals surface area contributed by atoms with E-state index in [-0.39, 0.29) is 30.1 Å². The number of carbonyl (C=O) groups is 2. The van der Waals surface area contributed by atoms with Gasteiger partial charge in [0.1, 0.15) is 18.0 Å². The van der Waals surface area contributed by atoms with Gasteiger partial charge in [-0.3, -0.25) is 9.59 Å². The molecule has 158 valence electrons. The minimum atomic E-state index is -0.246. The number of hydrogen-bond acceptors (Lipinski definition) is 6. The van der Waals surface area contributed by atoms with Crippen LogP contribution in [0.4, 0.5) is 0 Å². The molecule has 2 aromatic rings. The van der Waals surface area contributed by atoms with Crippen LogP contribution >= 0.6 is 11.3 Å². The van der Waals surface area contributed by atoms with E-state index >= 15 is 0 Å². The highest BCUT2D eigenvalue weighted by Gasteiger charge is 2.40. The molecule has 7 nitrogen and oxygen atoms in total. The minimum Gasteiger partial charge on any atom is -0.492 e. The molecular formula is C22H24N2O5S. The van der Waals surface area contributed by atoms with Gasteiger partial charge in [0.05, 0.1) is 36.3 Å². The van der Waals surface area contributed by atoms with E-state index in [4.69, 9.17) is 14.2 Å². The molecule has 0 radical (unpaired) electrons. The van der Waals surface area contributed by atoms with Crippen molar-refractivity contribution in [1.82, 2.24) is 10.2 Å². The van der Waals surface area contributed by atoms with Crippen LogP contribution < -0.4 is 10.1 Å². The fraction of sp³-hybridized carbons (Fsp3) is 0.455. The van der Waals surface area contributed by atoms with Crippen LogP contribution in [-0.2, 0) is 15.9 Å². The number of hydrogen-bond donors (Lipinski definition) is 1. The van der Waals surface area contributed by atoms with Crippen LogP contribution in [0.25, 0.3) is 0 Å². The number of amides is 2. The van der Waals surface area contributed by atoms with Gasteiger partial charge >= 0.3 is 0 Å². The monoisotopic (exact) mass is 428 g/mol. The number of carbonyl (C=O) groups excluding carboxylic acids is 2. The Morgan fingerprint density at radius 3 is 2.60 bits per heavy atom. The third kappa shape index (κ3) is 3.59. The second-order valence-corrected chi connectivity index (χ2v) is 8.87. The number of nitrogens with zero attached hydrogens (tertiary/aromatic N) is 1. The molecule has 1 aromatic carbocycles. The lowest BCUT2D eigenvalue weighted by molar-refractivity contribution is -0.00461. The van der Waals surface area contributed by atoms with Crippen LogP contribution in [-0.4, -0.2) is 67.9 Å². The highest BCUT2D eigenvalue weighted by molar-refractivity contribution is 7.12. The predicted molar refractivity (Wildman–Crippen MR) is 111 cm³/mol. The summed E-state index contributed by atoms with van der Waals surface area (Å²) < 4.78 is 17.7. The van der Waals surface area contributed by atoms with E-state index in [0.29, 0.717) is 44.2 Å².